The molecule has 0 aliphatic carbocycles. The van der Waals surface area contributed by atoms with E-state index < -0.39 is 21.8 Å². The van der Waals surface area contributed by atoms with Crippen LogP contribution in [0.5, 0.6) is 5.75 Å². The summed E-state index contributed by atoms with van der Waals surface area (Å²) >= 11 is 0. The van der Waals surface area contributed by atoms with Crippen LogP contribution in [0.1, 0.15) is 0 Å². The lowest BCUT2D eigenvalue weighted by atomic mass is 10.3. The zero-order chi connectivity index (χ0) is 16.4. The molecule has 1 aromatic heterocycles. The minimum absolute atomic E-state index is 0.0107. The SMILES string of the molecule is O=S(=O)(CCn1cnc2cc(F)c(F)cc21)Oc1ccccc1. The minimum atomic E-state index is -3.81. The summed E-state index contributed by atoms with van der Waals surface area (Å²) in [6, 6.07) is 10.1. The molecule has 0 bridgehead atoms. The second kappa shape index (κ2) is 5.96. The molecule has 3 aromatic rings. The molecular formula is C15H12F2N2O3S. The van der Waals surface area contributed by atoms with Crippen LogP contribution in [-0.4, -0.2) is 23.7 Å². The van der Waals surface area contributed by atoms with Crippen molar-refractivity contribution in [3.8, 4) is 5.75 Å². The minimum Gasteiger partial charge on any atom is -0.382 e. The second-order valence-electron chi connectivity index (χ2n) is 4.85. The van der Waals surface area contributed by atoms with Gasteiger partial charge in [0.05, 0.1) is 17.4 Å². The van der Waals surface area contributed by atoms with Crippen LogP contribution >= 0.6 is 0 Å². The Morgan fingerprint density at radius 2 is 1.78 bits per heavy atom. The molecule has 0 aliphatic rings. The molecule has 0 N–H and O–H groups in total. The fourth-order valence-electron chi connectivity index (χ4n) is 2.11. The normalized spacial score (nSPS) is 11.7. The van der Waals surface area contributed by atoms with E-state index in [2.05, 4.69) is 4.98 Å². The van der Waals surface area contributed by atoms with Crippen LogP contribution in [0.25, 0.3) is 11.0 Å². The lowest BCUT2D eigenvalue weighted by molar-refractivity contribution is 0.482. The fraction of sp³-hybridized carbons (Fsp3) is 0.133. The van der Waals surface area contributed by atoms with Gasteiger partial charge in [-0.15, -0.1) is 0 Å². The number of para-hydroxylation sites is 1. The molecule has 0 radical (unpaired) electrons. The van der Waals surface area contributed by atoms with Crippen molar-refractivity contribution >= 4 is 21.2 Å². The van der Waals surface area contributed by atoms with Crippen molar-refractivity contribution in [1.82, 2.24) is 9.55 Å². The summed E-state index contributed by atoms with van der Waals surface area (Å²) < 4.78 is 56.8. The van der Waals surface area contributed by atoms with Gasteiger partial charge in [0.2, 0.25) is 0 Å². The van der Waals surface area contributed by atoms with Gasteiger partial charge < -0.3 is 8.75 Å². The smallest absolute Gasteiger partial charge is 0.310 e. The third-order valence-electron chi connectivity index (χ3n) is 3.21. The van der Waals surface area contributed by atoms with E-state index in [1.807, 2.05) is 0 Å². The first-order chi connectivity index (χ1) is 10.9. The van der Waals surface area contributed by atoms with Gasteiger partial charge in [0.15, 0.2) is 11.6 Å². The summed E-state index contributed by atoms with van der Waals surface area (Å²) in [5, 5.41) is 0. The Hall–Kier alpha value is -2.48. The van der Waals surface area contributed by atoms with Gasteiger partial charge in [-0.25, -0.2) is 13.8 Å². The third kappa shape index (κ3) is 3.48. The largest absolute Gasteiger partial charge is 0.382 e. The predicted molar refractivity (Wildman–Crippen MR) is 80.5 cm³/mol. The van der Waals surface area contributed by atoms with Gasteiger partial charge in [-0.2, -0.15) is 8.42 Å². The van der Waals surface area contributed by atoms with Gasteiger partial charge in [-0.1, -0.05) is 18.2 Å². The highest BCUT2D eigenvalue weighted by Crippen LogP contribution is 2.18. The number of aromatic nitrogens is 2. The van der Waals surface area contributed by atoms with Gasteiger partial charge in [-0.05, 0) is 12.1 Å². The highest BCUT2D eigenvalue weighted by atomic mass is 32.2. The summed E-state index contributed by atoms with van der Waals surface area (Å²) in [4.78, 5) is 3.93. The average molecular weight is 338 g/mol. The number of hydrogen-bond acceptors (Lipinski definition) is 4. The lowest BCUT2D eigenvalue weighted by Crippen LogP contribution is -2.18. The number of imidazole rings is 1. The molecule has 0 saturated carbocycles. The number of halogens is 2. The molecule has 3 rings (SSSR count). The van der Waals surface area contributed by atoms with Crippen molar-refractivity contribution in [2.75, 3.05) is 5.75 Å². The first-order valence-corrected chi connectivity index (χ1v) is 8.29. The van der Waals surface area contributed by atoms with Crippen LogP contribution in [0.15, 0.2) is 48.8 Å². The van der Waals surface area contributed by atoms with Gasteiger partial charge in [-0.3, -0.25) is 0 Å². The number of aryl methyl sites for hydroxylation is 1. The quantitative estimate of drug-likeness (QED) is 0.671. The van der Waals surface area contributed by atoms with Crippen molar-refractivity contribution in [3.05, 3.63) is 60.4 Å². The van der Waals surface area contributed by atoms with Crippen LogP contribution in [-0.2, 0) is 16.7 Å². The maximum Gasteiger partial charge on any atom is 0.310 e. The molecule has 0 atom stereocenters. The maximum atomic E-state index is 13.3. The second-order valence-corrected chi connectivity index (χ2v) is 6.54. The predicted octanol–water partition coefficient (Wildman–Crippen LogP) is 2.72. The van der Waals surface area contributed by atoms with Crippen LogP contribution in [0.3, 0.4) is 0 Å². The van der Waals surface area contributed by atoms with Crippen molar-refractivity contribution in [1.29, 1.82) is 0 Å². The highest BCUT2D eigenvalue weighted by Gasteiger charge is 2.15. The molecule has 0 fully saturated rings. The summed E-state index contributed by atoms with van der Waals surface area (Å²) in [6.45, 7) is 0.0107. The monoisotopic (exact) mass is 338 g/mol. The molecular weight excluding hydrogens is 326 g/mol. The molecule has 0 aliphatic heterocycles. The summed E-state index contributed by atoms with van der Waals surface area (Å²) in [6.07, 6.45) is 1.33. The first kappa shape index (κ1) is 15.4. The first-order valence-electron chi connectivity index (χ1n) is 6.72. The van der Waals surface area contributed by atoms with Crippen molar-refractivity contribution in [3.63, 3.8) is 0 Å². The molecule has 1 heterocycles. The van der Waals surface area contributed by atoms with Crippen LogP contribution in [0.2, 0.25) is 0 Å². The maximum absolute atomic E-state index is 13.3. The topological polar surface area (TPSA) is 61.2 Å². The molecule has 0 amide bonds. The molecule has 120 valence electrons. The van der Waals surface area contributed by atoms with Crippen molar-refractivity contribution < 1.29 is 21.4 Å². The standard InChI is InChI=1S/C15H12F2N2O3S/c16-12-8-14-15(9-13(12)17)19(10-18-14)6-7-23(20,21)22-11-4-2-1-3-5-11/h1-5,8-10H,6-7H2. The molecule has 2 aromatic carbocycles. The van der Waals surface area contributed by atoms with E-state index >= 15 is 0 Å². The zero-order valence-electron chi connectivity index (χ0n) is 11.8. The number of nitrogens with zero attached hydrogens (tertiary/aromatic N) is 2. The van der Waals surface area contributed by atoms with Crippen molar-refractivity contribution in [2.45, 2.75) is 6.54 Å². The lowest BCUT2D eigenvalue weighted by Gasteiger charge is -2.08. The van der Waals surface area contributed by atoms with E-state index in [9.17, 15) is 17.2 Å². The summed E-state index contributed by atoms with van der Waals surface area (Å²) in [5.74, 6) is -2.12. The Bertz CT molecular complexity index is 940. The highest BCUT2D eigenvalue weighted by molar-refractivity contribution is 7.87. The number of rotatable bonds is 5. The van der Waals surface area contributed by atoms with Gasteiger partial charge in [0, 0.05) is 18.7 Å². The Morgan fingerprint density at radius 1 is 1.09 bits per heavy atom. The molecule has 0 unspecified atom stereocenters. The van der Waals surface area contributed by atoms with Gasteiger partial charge in [0.25, 0.3) is 0 Å². The van der Waals surface area contributed by atoms with Gasteiger partial charge in [0.1, 0.15) is 11.5 Å². The Morgan fingerprint density at radius 3 is 2.52 bits per heavy atom. The molecule has 23 heavy (non-hydrogen) atoms. The molecule has 0 saturated heterocycles. The number of benzene rings is 2. The van der Waals surface area contributed by atoms with Crippen LogP contribution < -0.4 is 4.18 Å². The van der Waals surface area contributed by atoms with E-state index in [-0.39, 0.29) is 23.6 Å². The molecule has 8 heteroatoms. The molecule has 5 nitrogen and oxygen atoms in total. The fourth-order valence-corrected chi connectivity index (χ4v) is 3.01. The molecule has 0 spiro atoms. The number of hydrogen-bond donors (Lipinski definition) is 0. The van der Waals surface area contributed by atoms with E-state index in [1.165, 1.54) is 23.0 Å². The summed E-state index contributed by atoms with van der Waals surface area (Å²) in [7, 11) is -3.81. The third-order valence-corrected chi connectivity index (χ3v) is 4.34. The number of fused-ring (bicyclic) bond motifs is 1. The Labute approximate surface area is 131 Å². The van der Waals surface area contributed by atoms with Gasteiger partial charge >= 0.3 is 10.1 Å². The zero-order valence-corrected chi connectivity index (χ0v) is 12.6. The van der Waals surface area contributed by atoms with Crippen LogP contribution in [0.4, 0.5) is 8.78 Å². The average Bonchev–Trinajstić information content (AvgIpc) is 2.88. The van der Waals surface area contributed by atoms with E-state index in [4.69, 9.17) is 4.18 Å². The van der Waals surface area contributed by atoms with Crippen LogP contribution in [0, 0.1) is 11.6 Å². The van der Waals surface area contributed by atoms with Crippen molar-refractivity contribution in [2.24, 2.45) is 0 Å². The van der Waals surface area contributed by atoms with E-state index in [1.54, 1.807) is 18.2 Å². The Kier molecular flexibility index (Phi) is 3.99. The van der Waals surface area contributed by atoms with E-state index in [0.717, 1.165) is 12.1 Å². The Balaban J connectivity index is 1.76. The van der Waals surface area contributed by atoms with E-state index in [0.29, 0.717) is 5.52 Å². The summed E-state index contributed by atoms with van der Waals surface area (Å²) in [5.41, 5.74) is 0.573.